The van der Waals surface area contributed by atoms with Crippen LogP contribution in [0.3, 0.4) is 0 Å². The van der Waals surface area contributed by atoms with Crippen LogP contribution < -0.4 is 15.4 Å². The number of anilines is 1. The molecule has 0 spiro atoms. The third-order valence-corrected chi connectivity index (χ3v) is 4.90. The SMILES string of the molecule is CCC(C)c1ccccc1NC(=S)NC(=O)COc1ccc(C(C)(C)C)cc1. The van der Waals surface area contributed by atoms with Gasteiger partial charge in [0.1, 0.15) is 5.75 Å². The van der Waals surface area contributed by atoms with Crippen molar-refractivity contribution in [3.63, 3.8) is 0 Å². The van der Waals surface area contributed by atoms with Crippen LogP contribution in [-0.4, -0.2) is 17.6 Å². The molecule has 150 valence electrons. The number of ether oxygens (including phenoxy) is 1. The fourth-order valence-corrected chi connectivity index (χ4v) is 3.00. The number of thiocarbonyl (C=S) groups is 1. The molecule has 5 heteroatoms. The monoisotopic (exact) mass is 398 g/mol. The van der Waals surface area contributed by atoms with E-state index in [4.69, 9.17) is 17.0 Å². The van der Waals surface area contributed by atoms with E-state index in [0.717, 1.165) is 12.1 Å². The molecule has 0 aliphatic rings. The first-order valence-corrected chi connectivity index (χ1v) is 10.0. The smallest absolute Gasteiger partial charge is 0.264 e. The van der Waals surface area contributed by atoms with Gasteiger partial charge in [0.25, 0.3) is 5.91 Å². The molecule has 2 rings (SSSR count). The largest absolute Gasteiger partial charge is 0.484 e. The molecule has 0 bridgehead atoms. The summed E-state index contributed by atoms with van der Waals surface area (Å²) in [6, 6.07) is 15.8. The fraction of sp³-hybridized carbons (Fsp3) is 0.391. The molecule has 0 aliphatic carbocycles. The van der Waals surface area contributed by atoms with Crippen LogP contribution in [0.4, 0.5) is 5.69 Å². The topological polar surface area (TPSA) is 50.4 Å². The van der Waals surface area contributed by atoms with E-state index in [-0.39, 0.29) is 23.0 Å². The van der Waals surface area contributed by atoms with E-state index in [2.05, 4.69) is 51.3 Å². The highest BCUT2D eigenvalue weighted by Gasteiger charge is 2.14. The summed E-state index contributed by atoms with van der Waals surface area (Å²) in [7, 11) is 0. The van der Waals surface area contributed by atoms with Crippen LogP contribution in [0.25, 0.3) is 0 Å². The van der Waals surface area contributed by atoms with Crippen LogP contribution in [0.1, 0.15) is 58.1 Å². The lowest BCUT2D eigenvalue weighted by Gasteiger charge is -2.19. The maximum atomic E-state index is 12.2. The Kier molecular flexibility index (Phi) is 7.58. The average molecular weight is 399 g/mol. The van der Waals surface area contributed by atoms with E-state index in [1.54, 1.807) is 0 Å². The van der Waals surface area contributed by atoms with E-state index in [1.165, 1.54) is 11.1 Å². The standard InChI is InChI=1S/C23H30N2O2S/c1-6-16(2)19-9-7-8-10-20(19)24-22(28)25-21(26)15-27-18-13-11-17(12-14-18)23(3,4)5/h7-14,16H,6,15H2,1-5H3,(H2,24,25,26,28). The minimum Gasteiger partial charge on any atom is -0.484 e. The molecule has 2 N–H and O–H groups in total. The highest BCUT2D eigenvalue weighted by Crippen LogP contribution is 2.26. The minimum absolute atomic E-state index is 0.0827. The van der Waals surface area contributed by atoms with Crippen molar-refractivity contribution < 1.29 is 9.53 Å². The summed E-state index contributed by atoms with van der Waals surface area (Å²) in [5, 5.41) is 6.07. The van der Waals surface area contributed by atoms with Gasteiger partial charge in [-0.2, -0.15) is 0 Å². The Hall–Kier alpha value is -2.40. The summed E-state index contributed by atoms with van der Waals surface area (Å²) in [6.45, 7) is 10.7. The van der Waals surface area contributed by atoms with E-state index in [1.807, 2.05) is 42.5 Å². The van der Waals surface area contributed by atoms with Crippen LogP contribution in [0.2, 0.25) is 0 Å². The fourth-order valence-electron chi connectivity index (χ4n) is 2.78. The number of carbonyl (C=O) groups is 1. The molecule has 0 saturated heterocycles. The zero-order valence-electron chi connectivity index (χ0n) is 17.3. The Bertz CT molecular complexity index is 810. The maximum Gasteiger partial charge on any atom is 0.264 e. The van der Waals surface area contributed by atoms with Crippen LogP contribution in [0.5, 0.6) is 5.75 Å². The molecule has 2 aromatic carbocycles. The van der Waals surface area contributed by atoms with E-state index in [0.29, 0.717) is 11.7 Å². The number of rotatable bonds is 6. The Labute approximate surface area is 173 Å². The van der Waals surface area contributed by atoms with Gasteiger partial charge in [-0.3, -0.25) is 10.1 Å². The van der Waals surface area contributed by atoms with E-state index >= 15 is 0 Å². The predicted octanol–water partition coefficient (Wildman–Crippen LogP) is 5.39. The van der Waals surface area contributed by atoms with Crippen molar-refractivity contribution in [2.45, 2.75) is 52.4 Å². The number of nitrogens with one attached hydrogen (secondary N) is 2. The van der Waals surface area contributed by atoms with E-state index in [9.17, 15) is 4.79 Å². The van der Waals surface area contributed by atoms with Gasteiger partial charge in [0.05, 0.1) is 0 Å². The molecule has 28 heavy (non-hydrogen) atoms. The van der Waals surface area contributed by atoms with Gasteiger partial charge in [0.15, 0.2) is 11.7 Å². The second kappa shape index (κ2) is 9.69. The first kappa shape index (κ1) is 21.9. The third kappa shape index (κ3) is 6.34. The molecule has 0 radical (unpaired) electrons. The molecule has 1 amide bonds. The van der Waals surface area contributed by atoms with Crippen molar-refractivity contribution >= 4 is 28.9 Å². The molecule has 0 saturated carbocycles. The van der Waals surface area contributed by atoms with Crippen molar-refractivity contribution in [3.05, 3.63) is 59.7 Å². The number of para-hydroxylation sites is 1. The Balaban J connectivity index is 1.87. The third-order valence-electron chi connectivity index (χ3n) is 4.70. The summed E-state index contributed by atoms with van der Waals surface area (Å²) in [4.78, 5) is 12.2. The Morgan fingerprint density at radius 1 is 1.11 bits per heavy atom. The van der Waals surface area contributed by atoms with E-state index < -0.39 is 0 Å². The molecule has 4 nitrogen and oxygen atoms in total. The van der Waals surface area contributed by atoms with Crippen LogP contribution in [0, 0.1) is 0 Å². The highest BCUT2D eigenvalue weighted by atomic mass is 32.1. The normalized spacial score (nSPS) is 12.2. The zero-order valence-corrected chi connectivity index (χ0v) is 18.2. The minimum atomic E-state index is -0.293. The summed E-state index contributed by atoms with van der Waals surface area (Å²) < 4.78 is 5.57. The second-order valence-electron chi connectivity index (χ2n) is 7.96. The molecule has 1 unspecified atom stereocenters. The van der Waals surface area contributed by atoms with Crippen molar-refractivity contribution in [2.24, 2.45) is 0 Å². The van der Waals surface area contributed by atoms with Crippen molar-refractivity contribution in [1.82, 2.24) is 5.32 Å². The quantitative estimate of drug-likeness (QED) is 0.641. The van der Waals surface area contributed by atoms with Gasteiger partial charge in [0.2, 0.25) is 0 Å². The summed E-state index contributed by atoms with van der Waals surface area (Å²) in [6.07, 6.45) is 1.03. The molecule has 2 aromatic rings. The second-order valence-corrected chi connectivity index (χ2v) is 8.37. The van der Waals surface area contributed by atoms with Crippen molar-refractivity contribution in [2.75, 3.05) is 11.9 Å². The molecular weight excluding hydrogens is 368 g/mol. The Morgan fingerprint density at radius 3 is 2.36 bits per heavy atom. The summed E-state index contributed by atoms with van der Waals surface area (Å²) in [5.41, 5.74) is 3.39. The lowest BCUT2D eigenvalue weighted by atomic mass is 9.87. The first-order chi connectivity index (χ1) is 13.2. The van der Waals surface area contributed by atoms with Gasteiger partial charge >= 0.3 is 0 Å². The van der Waals surface area contributed by atoms with Crippen LogP contribution in [0.15, 0.2) is 48.5 Å². The number of hydrogen-bond acceptors (Lipinski definition) is 3. The van der Waals surface area contributed by atoms with Gasteiger partial charge in [-0.05, 0) is 59.3 Å². The van der Waals surface area contributed by atoms with Gasteiger partial charge in [-0.15, -0.1) is 0 Å². The molecule has 0 fully saturated rings. The molecular formula is C23H30N2O2S. The summed E-state index contributed by atoms with van der Waals surface area (Å²) in [5.74, 6) is 0.768. The Morgan fingerprint density at radius 2 is 1.75 bits per heavy atom. The van der Waals surface area contributed by atoms with Crippen LogP contribution >= 0.6 is 12.2 Å². The lowest BCUT2D eigenvalue weighted by Crippen LogP contribution is -2.37. The number of benzene rings is 2. The average Bonchev–Trinajstić information content (AvgIpc) is 2.65. The van der Waals surface area contributed by atoms with Gasteiger partial charge < -0.3 is 10.1 Å². The van der Waals surface area contributed by atoms with Crippen molar-refractivity contribution in [3.8, 4) is 5.75 Å². The molecule has 0 aliphatic heterocycles. The van der Waals surface area contributed by atoms with Crippen LogP contribution in [-0.2, 0) is 10.2 Å². The zero-order chi connectivity index (χ0) is 20.7. The van der Waals surface area contributed by atoms with Gasteiger partial charge in [0, 0.05) is 5.69 Å². The molecule has 0 heterocycles. The molecule has 1 atom stereocenters. The number of amides is 1. The number of carbonyl (C=O) groups excluding carboxylic acids is 1. The summed E-state index contributed by atoms with van der Waals surface area (Å²) >= 11 is 5.28. The molecule has 0 aromatic heterocycles. The highest BCUT2D eigenvalue weighted by molar-refractivity contribution is 7.80. The maximum absolute atomic E-state index is 12.2. The predicted molar refractivity (Wildman–Crippen MR) is 120 cm³/mol. The first-order valence-electron chi connectivity index (χ1n) is 9.63. The van der Waals surface area contributed by atoms with Gasteiger partial charge in [-0.25, -0.2) is 0 Å². The van der Waals surface area contributed by atoms with Gasteiger partial charge in [-0.1, -0.05) is 65.0 Å². The number of hydrogen-bond donors (Lipinski definition) is 2. The van der Waals surface area contributed by atoms with Crippen molar-refractivity contribution in [1.29, 1.82) is 0 Å². The lowest BCUT2D eigenvalue weighted by molar-refractivity contribution is -0.121.